The Morgan fingerprint density at radius 3 is 2.52 bits per heavy atom. The van der Waals surface area contributed by atoms with Gasteiger partial charge in [0.15, 0.2) is 0 Å². The first-order valence-corrected chi connectivity index (χ1v) is 7.53. The number of hydrogen-bond acceptors (Lipinski definition) is 5. The Hall–Kier alpha value is -2.11. The maximum absolute atomic E-state index is 5.98. The van der Waals surface area contributed by atoms with Crippen molar-refractivity contribution in [2.75, 3.05) is 11.1 Å². The molecule has 0 unspecified atom stereocenters. The van der Waals surface area contributed by atoms with E-state index in [1.807, 2.05) is 36.4 Å². The molecular formula is C15H13ClN4S. The normalized spacial score (nSPS) is 10.5. The fourth-order valence-corrected chi connectivity index (χ4v) is 2.86. The molecule has 0 atom stereocenters. The van der Waals surface area contributed by atoms with Crippen LogP contribution in [0.25, 0.3) is 11.1 Å². The average Bonchev–Trinajstić information content (AvgIpc) is 2.88. The Kier molecular flexibility index (Phi) is 4.03. The second kappa shape index (κ2) is 6.11. The predicted octanol–water partition coefficient (Wildman–Crippen LogP) is 4.05. The van der Waals surface area contributed by atoms with Crippen LogP contribution < -0.4 is 11.1 Å². The van der Waals surface area contributed by atoms with Gasteiger partial charge in [0.2, 0.25) is 0 Å². The minimum Gasteiger partial charge on any atom is -0.382 e. The lowest BCUT2D eigenvalue weighted by Crippen LogP contribution is -1.99. The van der Waals surface area contributed by atoms with Crippen molar-refractivity contribution in [3.63, 3.8) is 0 Å². The molecule has 3 aromatic rings. The quantitative estimate of drug-likeness (QED) is 0.762. The molecule has 2 aromatic heterocycles. The zero-order valence-corrected chi connectivity index (χ0v) is 12.7. The number of nitrogen functional groups attached to an aromatic ring is 1. The maximum atomic E-state index is 5.98. The molecule has 3 rings (SSSR count). The van der Waals surface area contributed by atoms with Crippen LogP contribution in [0.4, 0.5) is 10.8 Å². The Morgan fingerprint density at radius 1 is 1.10 bits per heavy atom. The number of nitrogens with two attached hydrogens (primary N) is 1. The number of nitrogens with one attached hydrogen (secondary N) is 1. The smallest absolute Gasteiger partial charge is 0.147 e. The molecule has 106 valence electrons. The third-order valence-corrected chi connectivity index (χ3v) is 4.12. The molecule has 3 N–H and O–H groups in total. The summed E-state index contributed by atoms with van der Waals surface area (Å²) in [5.74, 6) is 0.532. The molecule has 0 spiro atoms. The van der Waals surface area contributed by atoms with Gasteiger partial charge in [-0.15, -0.1) is 0 Å². The van der Waals surface area contributed by atoms with Crippen LogP contribution in [0, 0.1) is 0 Å². The van der Waals surface area contributed by atoms with Gasteiger partial charge in [0, 0.05) is 24.0 Å². The molecule has 2 heterocycles. The van der Waals surface area contributed by atoms with Crippen molar-refractivity contribution >= 4 is 34.0 Å². The standard InChI is InChI=1S/C15H13ClN4S/c16-12-3-1-10(2-4-12)9-19-15-13(14(17)20-21-15)11-5-7-18-8-6-11/h1-8,19H,9H2,(H2,17,20). The lowest BCUT2D eigenvalue weighted by molar-refractivity contribution is 1.16. The average molecular weight is 317 g/mol. The summed E-state index contributed by atoms with van der Waals surface area (Å²) in [7, 11) is 0. The molecule has 6 heteroatoms. The molecule has 0 radical (unpaired) electrons. The van der Waals surface area contributed by atoms with Crippen molar-refractivity contribution < 1.29 is 0 Å². The van der Waals surface area contributed by atoms with Crippen LogP contribution in [0.3, 0.4) is 0 Å². The highest BCUT2D eigenvalue weighted by Gasteiger charge is 2.13. The van der Waals surface area contributed by atoms with Gasteiger partial charge in [-0.05, 0) is 46.9 Å². The fourth-order valence-electron chi connectivity index (χ4n) is 2.01. The van der Waals surface area contributed by atoms with Gasteiger partial charge in [-0.25, -0.2) is 0 Å². The van der Waals surface area contributed by atoms with Gasteiger partial charge in [0.1, 0.15) is 10.8 Å². The summed E-state index contributed by atoms with van der Waals surface area (Å²) in [6.07, 6.45) is 3.49. The highest BCUT2D eigenvalue weighted by Crippen LogP contribution is 2.36. The van der Waals surface area contributed by atoms with E-state index in [9.17, 15) is 0 Å². The van der Waals surface area contributed by atoms with E-state index >= 15 is 0 Å². The summed E-state index contributed by atoms with van der Waals surface area (Å²) in [4.78, 5) is 4.03. The first-order chi connectivity index (χ1) is 10.2. The van der Waals surface area contributed by atoms with Crippen molar-refractivity contribution in [1.82, 2.24) is 9.36 Å². The van der Waals surface area contributed by atoms with Gasteiger partial charge in [0.05, 0.1) is 5.56 Å². The zero-order chi connectivity index (χ0) is 14.7. The predicted molar refractivity (Wildman–Crippen MR) is 88.5 cm³/mol. The summed E-state index contributed by atoms with van der Waals surface area (Å²) in [5, 5.41) is 5.07. The van der Waals surface area contributed by atoms with E-state index in [0.29, 0.717) is 12.4 Å². The SMILES string of the molecule is Nc1nsc(NCc2ccc(Cl)cc2)c1-c1ccncc1. The summed E-state index contributed by atoms with van der Waals surface area (Å²) in [6, 6.07) is 11.6. The van der Waals surface area contributed by atoms with Crippen LogP contribution in [0.2, 0.25) is 5.02 Å². The molecule has 0 saturated heterocycles. The van der Waals surface area contributed by atoms with Gasteiger partial charge in [0.25, 0.3) is 0 Å². The number of halogens is 1. The zero-order valence-electron chi connectivity index (χ0n) is 11.1. The molecule has 1 aromatic carbocycles. The molecule has 0 aliphatic heterocycles. The highest BCUT2D eigenvalue weighted by atomic mass is 35.5. The molecule has 0 saturated carbocycles. The Bertz CT molecular complexity index is 725. The number of benzene rings is 1. The number of hydrogen-bond donors (Lipinski definition) is 2. The molecule has 4 nitrogen and oxygen atoms in total. The number of aromatic nitrogens is 2. The van der Waals surface area contributed by atoms with E-state index in [1.165, 1.54) is 11.5 Å². The van der Waals surface area contributed by atoms with Crippen molar-refractivity contribution in [1.29, 1.82) is 0 Å². The van der Waals surface area contributed by atoms with Gasteiger partial charge in [-0.1, -0.05) is 23.7 Å². The minimum atomic E-state index is 0.532. The third kappa shape index (κ3) is 3.15. The second-order valence-electron chi connectivity index (χ2n) is 4.49. The van der Waals surface area contributed by atoms with Crippen LogP contribution >= 0.6 is 23.1 Å². The number of anilines is 2. The maximum Gasteiger partial charge on any atom is 0.147 e. The fraction of sp³-hybridized carbons (Fsp3) is 0.0667. The van der Waals surface area contributed by atoms with E-state index < -0.39 is 0 Å². The summed E-state index contributed by atoms with van der Waals surface area (Å²) in [5.41, 5.74) is 9.07. The Labute approximate surface area is 131 Å². The van der Waals surface area contributed by atoms with Crippen LogP contribution in [0.1, 0.15) is 5.56 Å². The van der Waals surface area contributed by atoms with E-state index in [-0.39, 0.29) is 0 Å². The summed E-state index contributed by atoms with van der Waals surface area (Å²) >= 11 is 7.25. The highest BCUT2D eigenvalue weighted by molar-refractivity contribution is 7.11. The van der Waals surface area contributed by atoms with Crippen LogP contribution in [-0.4, -0.2) is 9.36 Å². The van der Waals surface area contributed by atoms with Gasteiger partial charge in [-0.3, -0.25) is 4.98 Å². The van der Waals surface area contributed by atoms with E-state index in [2.05, 4.69) is 14.7 Å². The Morgan fingerprint density at radius 2 is 1.81 bits per heavy atom. The third-order valence-electron chi connectivity index (χ3n) is 3.05. The number of rotatable bonds is 4. The Balaban J connectivity index is 1.82. The van der Waals surface area contributed by atoms with E-state index in [1.54, 1.807) is 12.4 Å². The van der Waals surface area contributed by atoms with Crippen molar-refractivity contribution in [2.45, 2.75) is 6.54 Å². The summed E-state index contributed by atoms with van der Waals surface area (Å²) in [6.45, 7) is 0.691. The topological polar surface area (TPSA) is 63.8 Å². The number of nitrogens with zero attached hydrogens (tertiary/aromatic N) is 2. The lowest BCUT2D eigenvalue weighted by atomic mass is 10.1. The monoisotopic (exact) mass is 316 g/mol. The first kappa shape index (κ1) is 13.9. The van der Waals surface area contributed by atoms with Gasteiger partial charge < -0.3 is 11.1 Å². The van der Waals surface area contributed by atoms with Crippen molar-refractivity contribution in [3.05, 3.63) is 59.4 Å². The lowest BCUT2D eigenvalue weighted by Gasteiger charge is -2.07. The van der Waals surface area contributed by atoms with Crippen LogP contribution in [0.15, 0.2) is 48.8 Å². The molecule has 0 fully saturated rings. The molecule has 21 heavy (non-hydrogen) atoms. The molecule has 0 bridgehead atoms. The molecule has 0 aliphatic carbocycles. The van der Waals surface area contributed by atoms with Crippen molar-refractivity contribution in [3.8, 4) is 11.1 Å². The van der Waals surface area contributed by atoms with E-state index in [4.69, 9.17) is 17.3 Å². The van der Waals surface area contributed by atoms with Crippen LogP contribution in [-0.2, 0) is 6.54 Å². The summed E-state index contributed by atoms with van der Waals surface area (Å²) < 4.78 is 4.23. The second-order valence-corrected chi connectivity index (χ2v) is 5.70. The largest absolute Gasteiger partial charge is 0.382 e. The molecular weight excluding hydrogens is 304 g/mol. The minimum absolute atomic E-state index is 0.532. The van der Waals surface area contributed by atoms with E-state index in [0.717, 1.165) is 26.7 Å². The van der Waals surface area contributed by atoms with Crippen LogP contribution in [0.5, 0.6) is 0 Å². The molecule has 0 amide bonds. The number of pyridine rings is 1. The van der Waals surface area contributed by atoms with Gasteiger partial charge >= 0.3 is 0 Å². The molecule has 0 aliphatic rings. The van der Waals surface area contributed by atoms with Gasteiger partial charge in [-0.2, -0.15) is 4.37 Å². The first-order valence-electron chi connectivity index (χ1n) is 6.38. The van der Waals surface area contributed by atoms with Crippen molar-refractivity contribution in [2.24, 2.45) is 0 Å².